The highest BCUT2D eigenvalue weighted by molar-refractivity contribution is 5.35. The van der Waals surface area contributed by atoms with Gasteiger partial charge in [0.05, 0.1) is 0 Å². The van der Waals surface area contributed by atoms with Gasteiger partial charge in [-0.2, -0.15) is 0 Å². The first-order valence-corrected chi connectivity index (χ1v) is 6.88. The molecule has 0 aliphatic heterocycles. The van der Waals surface area contributed by atoms with Crippen molar-refractivity contribution < 1.29 is 4.42 Å². The summed E-state index contributed by atoms with van der Waals surface area (Å²) in [6, 6.07) is 6.66. The fourth-order valence-corrected chi connectivity index (χ4v) is 3.30. The number of rotatable bonds is 3. The normalized spacial score (nSPS) is 19.4. The molecule has 2 atom stereocenters. The van der Waals surface area contributed by atoms with Crippen LogP contribution in [-0.2, 0) is 6.42 Å². The van der Waals surface area contributed by atoms with E-state index in [9.17, 15) is 0 Å². The molecule has 1 N–H and O–H groups in total. The van der Waals surface area contributed by atoms with Crippen LogP contribution in [0, 0.1) is 13.8 Å². The highest BCUT2D eigenvalue weighted by atomic mass is 16.3. The number of hydrogen-bond donors (Lipinski definition) is 1. The summed E-state index contributed by atoms with van der Waals surface area (Å²) >= 11 is 0. The van der Waals surface area contributed by atoms with Gasteiger partial charge in [-0.3, -0.25) is 4.98 Å². The van der Waals surface area contributed by atoms with Crippen LogP contribution in [0.1, 0.15) is 46.7 Å². The zero-order valence-electron chi connectivity index (χ0n) is 11.7. The lowest BCUT2D eigenvalue weighted by atomic mass is 9.91. The van der Waals surface area contributed by atoms with Gasteiger partial charge in [0.25, 0.3) is 0 Å². The molecule has 1 aliphatic carbocycles. The number of likely N-dealkylation sites (N-methyl/N-ethyl adjacent to an activating group) is 1. The number of furan rings is 1. The van der Waals surface area contributed by atoms with Crippen molar-refractivity contribution >= 4 is 0 Å². The smallest absolute Gasteiger partial charge is 0.105 e. The second-order valence-corrected chi connectivity index (χ2v) is 5.33. The van der Waals surface area contributed by atoms with Crippen LogP contribution < -0.4 is 5.32 Å². The summed E-state index contributed by atoms with van der Waals surface area (Å²) in [5.41, 5.74) is 3.91. The summed E-state index contributed by atoms with van der Waals surface area (Å²) in [6.45, 7) is 4.05. The molecule has 0 spiro atoms. The quantitative estimate of drug-likeness (QED) is 0.915. The van der Waals surface area contributed by atoms with Gasteiger partial charge < -0.3 is 9.73 Å². The first-order chi connectivity index (χ1) is 9.20. The predicted octanol–water partition coefficient (Wildman–Crippen LogP) is 3.28. The third-order valence-corrected chi connectivity index (χ3v) is 4.13. The van der Waals surface area contributed by atoms with Crippen LogP contribution in [0.5, 0.6) is 0 Å². The fraction of sp³-hybridized carbons (Fsp3) is 0.438. The molecule has 0 saturated heterocycles. The molecular formula is C16H20N2O. The molecule has 3 heteroatoms. The first-order valence-electron chi connectivity index (χ1n) is 6.88. The number of aromatic nitrogens is 1. The lowest BCUT2D eigenvalue weighted by Gasteiger charge is -2.23. The van der Waals surface area contributed by atoms with Gasteiger partial charge in [-0.25, -0.2) is 0 Å². The van der Waals surface area contributed by atoms with E-state index >= 15 is 0 Å². The molecule has 0 amide bonds. The van der Waals surface area contributed by atoms with Crippen LogP contribution in [0.3, 0.4) is 0 Å². The van der Waals surface area contributed by atoms with Gasteiger partial charge in [0.15, 0.2) is 0 Å². The second kappa shape index (κ2) is 4.82. The first kappa shape index (κ1) is 12.4. The van der Waals surface area contributed by atoms with Crippen molar-refractivity contribution in [1.82, 2.24) is 10.3 Å². The van der Waals surface area contributed by atoms with E-state index in [1.165, 1.54) is 16.8 Å². The highest BCUT2D eigenvalue weighted by Crippen LogP contribution is 2.41. The average Bonchev–Trinajstić information content (AvgIpc) is 2.96. The minimum absolute atomic E-state index is 0.286. The summed E-state index contributed by atoms with van der Waals surface area (Å²) in [7, 11) is 2.02. The molecule has 0 saturated carbocycles. The van der Waals surface area contributed by atoms with Crippen LogP contribution in [-0.4, -0.2) is 12.0 Å². The van der Waals surface area contributed by atoms with E-state index in [0.717, 1.165) is 24.4 Å². The Kier molecular flexibility index (Phi) is 3.15. The van der Waals surface area contributed by atoms with Crippen LogP contribution in [0.25, 0.3) is 0 Å². The van der Waals surface area contributed by atoms with Crippen molar-refractivity contribution in [3.63, 3.8) is 0 Å². The number of aryl methyl sites for hydroxylation is 3. The molecule has 0 radical (unpaired) electrons. The van der Waals surface area contributed by atoms with Crippen molar-refractivity contribution in [3.05, 3.63) is 52.7 Å². The lowest BCUT2D eigenvalue weighted by Crippen LogP contribution is -2.23. The average molecular weight is 256 g/mol. The molecule has 0 fully saturated rings. The molecule has 3 nitrogen and oxygen atoms in total. The largest absolute Gasteiger partial charge is 0.466 e. The summed E-state index contributed by atoms with van der Waals surface area (Å²) in [6.07, 6.45) is 4.18. The Morgan fingerprint density at radius 1 is 1.42 bits per heavy atom. The second-order valence-electron chi connectivity index (χ2n) is 5.33. The Hall–Kier alpha value is -1.61. The molecule has 0 aromatic carbocycles. The van der Waals surface area contributed by atoms with Crippen molar-refractivity contribution in [2.45, 2.75) is 38.6 Å². The van der Waals surface area contributed by atoms with Crippen molar-refractivity contribution in [2.75, 3.05) is 7.05 Å². The summed E-state index contributed by atoms with van der Waals surface area (Å²) in [4.78, 5) is 4.60. The van der Waals surface area contributed by atoms with Gasteiger partial charge in [0.2, 0.25) is 0 Å². The van der Waals surface area contributed by atoms with Crippen molar-refractivity contribution in [2.24, 2.45) is 0 Å². The molecule has 2 aromatic rings. The number of fused-ring (bicyclic) bond motifs is 1. The van der Waals surface area contributed by atoms with E-state index in [4.69, 9.17) is 4.42 Å². The number of pyridine rings is 1. The standard InChI is InChI=1S/C16H20N2O/c1-10-9-14(11(2)19-10)16(17-3)13-7-6-12-5-4-8-18-15(12)13/h4-5,8-9,13,16-17H,6-7H2,1-3H3. The number of nitrogens with one attached hydrogen (secondary N) is 1. The SMILES string of the molecule is CNC(c1cc(C)oc1C)C1CCc2cccnc21. The summed E-state index contributed by atoms with van der Waals surface area (Å²) in [5.74, 6) is 2.44. The molecule has 2 heterocycles. The maximum Gasteiger partial charge on any atom is 0.105 e. The number of hydrogen-bond acceptors (Lipinski definition) is 3. The van der Waals surface area contributed by atoms with E-state index in [-0.39, 0.29) is 6.04 Å². The van der Waals surface area contributed by atoms with Crippen LogP contribution in [0.4, 0.5) is 0 Å². The molecule has 1 aliphatic rings. The van der Waals surface area contributed by atoms with Gasteiger partial charge in [0, 0.05) is 29.4 Å². The molecule has 19 heavy (non-hydrogen) atoms. The Morgan fingerprint density at radius 2 is 2.26 bits per heavy atom. The minimum Gasteiger partial charge on any atom is -0.466 e. The van der Waals surface area contributed by atoms with Gasteiger partial charge in [-0.1, -0.05) is 6.07 Å². The zero-order valence-corrected chi connectivity index (χ0v) is 11.7. The third-order valence-electron chi connectivity index (χ3n) is 4.13. The monoisotopic (exact) mass is 256 g/mol. The maximum atomic E-state index is 5.68. The fourth-order valence-electron chi connectivity index (χ4n) is 3.30. The van der Waals surface area contributed by atoms with Gasteiger partial charge >= 0.3 is 0 Å². The Bertz CT molecular complexity index is 588. The predicted molar refractivity (Wildman–Crippen MR) is 75.3 cm³/mol. The van der Waals surface area contributed by atoms with Gasteiger partial charge in [-0.15, -0.1) is 0 Å². The molecule has 2 unspecified atom stereocenters. The zero-order chi connectivity index (χ0) is 13.4. The highest BCUT2D eigenvalue weighted by Gasteiger charge is 2.32. The molecule has 100 valence electrons. The molecule has 2 aromatic heterocycles. The third kappa shape index (κ3) is 2.08. The topological polar surface area (TPSA) is 38.1 Å². The Labute approximate surface area is 114 Å². The van der Waals surface area contributed by atoms with Gasteiger partial charge in [0.1, 0.15) is 11.5 Å². The van der Waals surface area contributed by atoms with E-state index in [0.29, 0.717) is 5.92 Å². The van der Waals surface area contributed by atoms with Crippen LogP contribution in [0.15, 0.2) is 28.8 Å². The van der Waals surface area contributed by atoms with E-state index in [2.05, 4.69) is 22.4 Å². The molecule has 3 rings (SSSR count). The minimum atomic E-state index is 0.286. The summed E-state index contributed by atoms with van der Waals surface area (Å²) < 4.78 is 5.68. The molecular weight excluding hydrogens is 236 g/mol. The summed E-state index contributed by atoms with van der Waals surface area (Å²) in [5, 5.41) is 3.46. The van der Waals surface area contributed by atoms with E-state index in [1.807, 2.05) is 33.2 Å². The Morgan fingerprint density at radius 3 is 2.95 bits per heavy atom. The van der Waals surface area contributed by atoms with Gasteiger partial charge in [-0.05, 0) is 51.4 Å². The van der Waals surface area contributed by atoms with Crippen LogP contribution >= 0.6 is 0 Å². The lowest BCUT2D eigenvalue weighted by molar-refractivity contribution is 0.449. The Balaban J connectivity index is 1.99. The number of nitrogens with zero attached hydrogens (tertiary/aromatic N) is 1. The van der Waals surface area contributed by atoms with Crippen molar-refractivity contribution in [1.29, 1.82) is 0 Å². The van der Waals surface area contributed by atoms with Crippen LogP contribution in [0.2, 0.25) is 0 Å². The molecule has 0 bridgehead atoms. The van der Waals surface area contributed by atoms with Crippen molar-refractivity contribution in [3.8, 4) is 0 Å². The van der Waals surface area contributed by atoms with E-state index in [1.54, 1.807) is 0 Å². The maximum absolute atomic E-state index is 5.68. The van der Waals surface area contributed by atoms with E-state index < -0.39 is 0 Å².